The monoisotopic (exact) mass is 484 g/mol. The number of carboxylic acids is 1. The molecule has 0 saturated carbocycles. The van der Waals surface area contributed by atoms with Gasteiger partial charge < -0.3 is 30.3 Å². The molecule has 2 aromatic carbocycles. The predicted octanol–water partition coefficient (Wildman–Crippen LogP) is 2.66. The Morgan fingerprint density at radius 1 is 1.06 bits per heavy atom. The summed E-state index contributed by atoms with van der Waals surface area (Å²) in [5, 5.41) is 24.4. The SMILES string of the molecule is COCCC(C)(O)CNC(=O)C(CCC(=O)O)NC(=O)OCC1c2ccccc2-c2ccccc21. The number of hydrogen-bond acceptors (Lipinski definition) is 6. The molecule has 0 aromatic heterocycles. The van der Waals surface area contributed by atoms with Crippen molar-refractivity contribution in [2.24, 2.45) is 0 Å². The number of methoxy groups -OCH3 is 1. The summed E-state index contributed by atoms with van der Waals surface area (Å²) in [4.78, 5) is 36.3. The van der Waals surface area contributed by atoms with Crippen LogP contribution in [0.4, 0.5) is 4.79 Å². The topological polar surface area (TPSA) is 134 Å². The number of aliphatic hydroxyl groups is 1. The summed E-state index contributed by atoms with van der Waals surface area (Å²) in [6.07, 6.45) is -0.958. The average Bonchev–Trinajstić information content (AvgIpc) is 3.16. The van der Waals surface area contributed by atoms with Gasteiger partial charge in [-0.3, -0.25) is 9.59 Å². The molecule has 9 heteroatoms. The molecule has 0 heterocycles. The molecule has 0 bridgehead atoms. The van der Waals surface area contributed by atoms with E-state index in [1.165, 1.54) is 7.11 Å². The van der Waals surface area contributed by atoms with Crippen molar-refractivity contribution >= 4 is 18.0 Å². The number of benzene rings is 2. The van der Waals surface area contributed by atoms with E-state index in [1.54, 1.807) is 6.92 Å². The van der Waals surface area contributed by atoms with Gasteiger partial charge >= 0.3 is 12.1 Å². The molecule has 1 aliphatic carbocycles. The number of carbonyl (C=O) groups is 3. The van der Waals surface area contributed by atoms with Crippen LogP contribution in [0.1, 0.15) is 43.2 Å². The number of hydrogen-bond donors (Lipinski definition) is 4. The highest BCUT2D eigenvalue weighted by Gasteiger charge is 2.30. The molecular weight excluding hydrogens is 452 g/mol. The van der Waals surface area contributed by atoms with Crippen molar-refractivity contribution in [2.75, 3.05) is 26.9 Å². The summed E-state index contributed by atoms with van der Waals surface area (Å²) in [7, 11) is 1.51. The van der Waals surface area contributed by atoms with Gasteiger partial charge in [0, 0.05) is 39.0 Å². The van der Waals surface area contributed by atoms with Crippen molar-refractivity contribution in [3.05, 3.63) is 59.7 Å². The van der Waals surface area contributed by atoms with Crippen LogP contribution in [0.25, 0.3) is 11.1 Å². The fourth-order valence-electron chi connectivity index (χ4n) is 4.13. The fourth-order valence-corrected chi connectivity index (χ4v) is 4.13. The Hall–Kier alpha value is -3.43. The Labute approximate surface area is 204 Å². The summed E-state index contributed by atoms with van der Waals surface area (Å²) in [6, 6.07) is 14.7. The lowest BCUT2D eigenvalue weighted by molar-refractivity contribution is -0.137. The molecule has 35 heavy (non-hydrogen) atoms. The molecule has 9 nitrogen and oxygen atoms in total. The maximum Gasteiger partial charge on any atom is 0.407 e. The zero-order valence-corrected chi connectivity index (χ0v) is 20.0. The summed E-state index contributed by atoms with van der Waals surface area (Å²) < 4.78 is 10.4. The zero-order valence-electron chi connectivity index (χ0n) is 20.0. The second-order valence-corrected chi connectivity index (χ2v) is 8.91. The normalized spacial score (nSPS) is 14.8. The summed E-state index contributed by atoms with van der Waals surface area (Å²) in [5.41, 5.74) is 3.08. The Morgan fingerprint density at radius 3 is 2.23 bits per heavy atom. The predicted molar refractivity (Wildman–Crippen MR) is 129 cm³/mol. The quantitative estimate of drug-likeness (QED) is 0.364. The Balaban J connectivity index is 1.61. The first-order chi connectivity index (χ1) is 16.7. The average molecular weight is 485 g/mol. The smallest absolute Gasteiger partial charge is 0.407 e. The molecule has 0 aliphatic heterocycles. The third-order valence-electron chi connectivity index (χ3n) is 6.09. The van der Waals surface area contributed by atoms with E-state index in [2.05, 4.69) is 10.6 Å². The van der Waals surface area contributed by atoms with Crippen molar-refractivity contribution in [3.63, 3.8) is 0 Å². The van der Waals surface area contributed by atoms with Gasteiger partial charge in [0.25, 0.3) is 0 Å². The number of ether oxygens (including phenoxy) is 2. The van der Waals surface area contributed by atoms with E-state index in [9.17, 15) is 19.5 Å². The molecule has 4 N–H and O–H groups in total. The number of fused-ring (bicyclic) bond motifs is 3. The second kappa shape index (κ2) is 11.8. The van der Waals surface area contributed by atoms with Crippen LogP contribution >= 0.6 is 0 Å². The van der Waals surface area contributed by atoms with Gasteiger partial charge in [-0.05, 0) is 35.6 Å². The maximum atomic E-state index is 12.7. The fraction of sp³-hybridized carbons (Fsp3) is 0.423. The Morgan fingerprint density at radius 2 is 1.66 bits per heavy atom. The lowest BCUT2D eigenvalue weighted by atomic mass is 9.98. The second-order valence-electron chi connectivity index (χ2n) is 8.91. The number of alkyl carbamates (subject to hydrolysis) is 1. The van der Waals surface area contributed by atoms with E-state index in [0.29, 0.717) is 13.0 Å². The largest absolute Gasteiger partial charge is 0.481 e. The van der Waals surface area contributed by atoms with Crippen LogP contribution in [0.15, 0.2) is 48.5 Å². The molecule has 0 saturated heterocycles. The van der Waals surface area contributed by atoms with E-state index in [0.717, 1.165) is 22.3 Å². The van der Waals surface area contributed by atoms with Crippen LogP contribution in [0.3, 0.4) is 0 Å². The third kappa shape index (κ3) is 7.03. The standard InChI is InChI=1S/C26H32N2O7/c1-26(33,13-14-34-2)16-27-24(31)22(11-12-23(29)30)28-25(32)35-15-21-19-9-5-3-7-17(19)18-8-4-6-10-20(18)21/h3-10,21-22,33H,11-16H2,1-2H3,(H,27,31)(H,28,32)(H,29,30). The number of amides is 2. The molecule has 1 aliphatic rings. The van der Waals surface area contributed by atoms with Crippen LogP contribution in [-0.4, -0.2) is 66.7 Å². The van der Waals surface area contributed by atoms with Gasteiger partial charge in [-0.15, -0.1) is 0 Å². The first-order valence-electron chi connectivity index (χ1n) is 11.5. The Kier molecular flexibility index (Phi) is 8.84. The number of aliphatic carboxylic acids is 1. The number of rotatable bonds is 12. The molecule has 188 valence electrons. The lowest BCUT2D eigenvalue weighted by Crippen LogP contribution is -2.51. The highest BCUT2D eigenvalue weighted by Crippen LogP contribution is 2.44. The van der Waals surface area contributed by atoms with Crippen molar-refractivity contribution in [3.8, 4) is 11.1 Å². The molecule has 0 radical (unpaired) electrons. The van der Waals surface area contributed by atoms with Gasteiger partial charge in [0.15, 0.2) is 0 Å². The lowest BCUT2D eigenvalue weighted by Gasteiger charge is -2.25. The molecular formula is C26H32N2O7. The first-order valence-corrected chi connectivity index (χ1v) is 11.5. The summed E-state index contributed by atoms with van der Waals surface area (Å²) >= 11 is 0. The molecule has 2 unspecified atom stereocenters. The first kappa shape index (κ1) is 26.2. The molecule has 3 rings (SSSR count). The van der Waals surface area contributed by atoms with Crippen LogP contribution in [0.5, 0.6) is 0 Å². The van der Waals surface area contributed by atoms with E-state index < -0.39 is 29.6 Å². The number of carboxylic acid groups (broad SMARTS) is 1. The van der Waals surface area contributed by atoms with Crippen molar-refractivity contribution in [1.29, 1.82) is 0 Å². The van der Waals surface area contributed by atoms with Gasteiger partial charge in [0.2, 0.25) is 5.91 Å². The molecule has 0 fully saturated rings. The maximum absolute atomic E-state index is 12.7. The van der Waals surface area contributed by atoms with E-state index in [1.807, 2.05) is 48.5 Å². The van der Waals surface area contributed by atoms with E-state index in [-0.39, 0.29) is 31.9 Å². The molecule has 2 atom stereocenters. The van der Waals surface area contributed by atoms with Crippen LogP contribution in [-0.2, 0) is 19.1 Å². The van der Waals surface area contributed by atoms with Crippen LogP contribution in [0, 0.1) is 0 Å². The third-order valence-corrected chi connectivity index (χ3v) is 6.09. The van der Waals surface area contributed by atoms with Gasteiger partial charge in [-0.2, -0.15) is 0 Å². The number of carbonyl (C=O) groups excluding carboxylic acids is 2. The van der Waals surface area contributed by atoms with Crippen molar-refractivity contribution in [1.82, 2.24) is 10.6 Å². The van der Waals surface area contributed by atoms with Gasteiger partial charge in [0.1, 0.15) is 12.6 Å². The minimum Gasteiger partial charge on any atom is -0.481 e. The Bertz CT molecular complexity index is 1010. The van der Waals surface area contributed by atoms with Gasteiger partial charge in [0.05, 0.1) is 5.60 Å². The van der Waals surface area contributed by atoms with Gasteiger partial charge in [-0.1, -0.05) is 48.5 Å². The highest BCUT2D eigenvalue weighted by atomic mass is 16.5. The van der Waals surface area contributed by atoms with Crippen LogP contribution in [0.2, 0.25) is 0 Å². The van der Waals surface area contributed by atoms with Crippen molar-refractivity contribution < 1.29 is 34.1 Å². The van der Waals surface area contributed by atoms with E-state index in [4.69, 9.17) is 14.6 Å². The molecule has 0 spiro atoms. The highest BCUT2D eigenvalue weighted by molar-refractivity contribution is 5.86. The minimum atomic E-state index is -1.22. The van der Waals surface area contributed by atoms with Crippen LogP contribution < -0.4 is 10.6 Å². The van der Waals surface area contributed by atoms with Crippen molar-refractivity contribution in [2.45, 2.75) is 43.7 Å². The van der Waals surface area contributed by atoms with Gasteiger partial charge in [-0.25, -0.2) is 4.79 Å². The number of nitrogens with one attached hydrogen (secondary N) is 2. The zero-order chi connectivity index (χ0) is 25.4. The minimum absolute atomic E-state index is 0.0683. The molecule has 2 aromatic rings. The van der Waals surface area contributed by atoms with E-state index >= 15 is 0 Å². The molecule has 2 amide bonds. The summed E-state index contributed by atoms with van der Waals surface area (Å²) in [6.45, 7) is 1.85. The summed E-state index contributed by atoms with van der Waals surface area (Å²) in [5.74, 6) is -1.84.